The van der Waals surface area contributed by atoms with Crippen LogP contribution in [0.2, 0.25) is 0 Å². The van der Waals surface area contributed by atoms with Gasteiger partial charge in [0.15, 0.2) is 11.4 Å². The SMILES string of the molecule is Cc1ccc(-c2nc3c4ccccc4nc(N[C@@H]4CN(C(=O)OCc5ccccc5)CCNC4=O)n3n2)o1. The number of amides is 2. The van der Waals surface area contributed by atoms with E-state index in [4.69, 9.17) is 19.1 Å². The first kappa shape index (κ1) is 23.5. The molecule has 11 heteroatoms. The third kappa shape index (κ3) is 4.61. The van der Waals surface area contributed by atoms with Crippen LogP contribution >= 0.6 is 0 Å². The van der Waals surface area contributed by atoms with Crippen LogP contribution in [-0.2, 0) is 16.1 Å². The zero-order chi connectivity index (χ0) is 26.1. The van der Waals surface area contributed by atoms with E-state index in [-0.39, 0.29) is 19.1 Å². The average molecular weight is 512 g/mol. The van der Waals surface area contributed by atoms with Crippen LogP contribution in [0.5, 0.6) is 0 Å². The second-order valence-electron chi connectivity index (χ2n) is 9.01. The second-order valence-corrected chi connectivity index (χ2v) is 9.01. The van der Waals surface area contributed by atoms with Crippen molar-refractivity contribution in [1.82, 2.24) is 29.8 Å². The van der Waals surface area contributed by atoms with Crippen LogP contribution in [0.1, 0.15) is 11.3 Å². The number of anilines is 1. The number of aryl methyl sites for hydroxylation is 1. The number of para-hydroxylation sites is 1. The van der Waals surface area contributed by atoms with Gasteiger partial charge in [-0.2, -0.15) is 4.52 Å². The molecule has 0 bridgehead atoms. The zero-order valence-corrected chi connectivity index (χ0v) is 20.6. The van der Waals surface area contributed by atoms with Gasteiger partial charge in [0.05, 0.1) is 12.1 Å². The van der Waals surface area contributed by atoms with Crippen LogP contribution in [0.4, 0.5) is 10.7 Å². The van der Waals surface area contributed by atoms with E-state index in [1.165, 1.54) is 4.90 Å². The van der Waals surface area contributed by atoms with Gasteiger partial charge in [0.25, 0.3) is 0 Å². The zero-order valence-electron chi connectivity index (χ0n) is 20.6. The van der Waals surface area contributed by atoms with Crippen molar-refractivity contribution in [2.24, 2.45) is 0 Å². The van der Waals surface area contributed by atoms with Crippen LogP contribution in [0, 0.1) is 6.92 Å². The minimum Gasteiger partial charge on any atom is -0.458 e. The number of nitrogens with zero attached hydrogens (tertiary/aromatic N) is 5. The maximum atomic E-state index is 13.0. The minimum absolute atomic E-state index is 0.0917. The van der Waals surface area contributed by atoms with Gasteiger partial charge in [-0.15, -0.1) is 5.10 Å². The highest BCUT2D eigenvalue weighted by Crippen LogP contribution is 2.25. The van der Waals surface area contributed by atoms with Crippen LogP contribution in [-0.4, -0.2) is 62.2 Å². The summed E-state index contributed by atoms with van der Waals surface area (Å²) in [7, 11) is 0. The highest BCUT2D eigenvalue weighted by molar-refractivity contribution is 5.93. The molecule has 0 saturated carbocycles. The minimum atomic E-state index is -0.794. The molecule has 1 aliphatic rings. The largest absolute Gasteiger partial charge is 0.458 e. The highest BCUT2D eigenvalue weighted by Gasteiger charge is 2.30. The number of aromatic nitrogens is 4. The van der Waals surface area contributed by atoms with Gasteiger partial charge in [-0.25, -0.2) is 14.8 Å². The van der Waals surface area contributed by atoms with Crippen LogP contribution in [0.25, 0.3) is 28.1 Å². The molecular weight excluding hydrogens is 486 g/mol. The van der Waals surface area contributed by atoms with Crippen LogP contribution in [0.15, 0.2) is 71.1 Å². The lowest BCUT2D eigenvalue weighted by Gasteiger charge is -2.23. The van der Waals surface area contributed by atoms with Gasteiger partial charge in [0.2, 0.25) is 17.7 Å². The number of furan rings is 1. The number of benzene rings is 2. The fourth-order valence-corrected chi connectivity index (χ4v) is 4.38. The molecule has 1 fully saturated rings. The van der Waals surface area contributed by atoms with Crippen LogP contribution in [0.3, 0.4) is 0 Å². The Morgan fingerprint density at radius 3 is 2.74 bits per heavy atom. The van der Waals surface area contributed by atoms with E-state index < -0.39 is 12.1 Å². The number of rotatable bonds is 5. The number of hydrogen-bond donors (Lipinski definition) is 2. The standard InChI is InChI=1S/C27H25N7O4/c1-17-11-12-22(38-17)23-31-24-19-9-5-6-10-20(19)29-26(34(24)32-23)30-21-15-33(14-13-28-25(21)35)27(36)37-16-18-7-3-2-4-8-18/h2-12,21H,13-16H2,1H3,(H,28,35)(H,29,30)/t21-/m1/s1. The summed E-state index contributed by atoms with van der Waals surface area (Å²) in [5.41, 5.74) is 2.14. The van der Waals surface area contributed by atoms with Crippen LogP contribution < -0.4 is 10.6 Å². The molecule has 1 atom stereocenters. The van der Waals surface area contributed by atoms with E-state index in [1.54, 1.807) is 4.52 Å². The number of ether oxygens (including phenoxy) is 1. The molecule has 38 heavy (non-hydrogen) atoms. The Balaban J connectivity index is 1.30. The molecule has 0 radical (unpaired) electrons. The molecule has 1 aliphatic heterocycles. The molecule has 11 nitrogen and oxygen atoms in total. The summed E-state index contributed by atoms with van der Waals surface area (Å²) in [6.07, 6.45) is -0.495. The average Bonchev–Trinajstić information content (AvgIpc) is 3.53. The lowest BCUT2D eigenvalue weighted by atomic mass is 10.2. The Hall–Kier alpha value is -4.93. The Morgan fingerprint density at radius 2 is 1.92 bits per heavy atom. The van der Waals surface area contributed by atoms with E-state index in [0.717, 1.165) is 16.7 Å². The lowest BCUT2D eigenvalue weighted by molar-refractivity contribution is -0.121. The number of hydrogen-bond acceptors (Lipinski definition) is 8. The first-order valence-electron chi connectivity index (χ1n) is 12.3. The molecule has 192 valence electrons. The second kappa shape index (κ2) is 9.85. The topological polar surface area (TPSA) is 127 Å². The van der Waals surface area contributed by atoms with Gasteiger partial charge >= 0.3 is 6.09 Å². The Labute approximate surface area is 217 Å². The van der Waals surface area contributed by atoms with Gasteiger partial charge in [0, 0.05) is 18.5 Å². The first-order chi connectivity index (χ1) is 18.5. The van der Waals surface area contributed by atoms with E-state index >= 15 is 0 Å². The maximum Gasteiger partial charge on any atom is 0.410 e. The molecule has 0 spiro atoms. The van der Waals surface area contributed by atoms with E-state index in [9.17, 15) is 9.59 Å². The van der Waals surface area contributed by atoms with Gasteiger partial charge < -0.3 is 24.7 Å². The number of nitrogens with one attached hydrogen (secondary N) is 2. The van der Waals surface area contributed by atoms with Gasteiger partial charge in [-0.1, -0.05) is 42.5 Å². The Morgan fingerprint density at radius 1 is 1.11 bits per heavy atom. The molecule has 1 saturated heterocycles. The van der Waals surface area contributed by atoms with E-state index in [0.29, 0.717) is 41.8 Å². The molecule has 0 unspecified atom stereocenters. The van der Waals surface area contributed by atoms with Crippen molar-refractivity contribution < 1.29 is 18.7 Å². The Kier molecular flexibility index (Phi) is 6.08. The summed E-state index contributed by atoms with van der Waals surface area (Å²) in [4.78, 5) is 36.8. The van der Waals surface area contributed by atoms with Crippen molar-refractivity contribution in [3.8, 4) is 11.6 Å². The van der Waals surface area contributed by atoms with Crippen molar-refractivity contribution in [2.75, 3.05) is 25.0 Å². The van der Waals surface area contributed by atoms with Crippen molar-refractivity contribution in [3.05, 3.63) is 78.1 Å². The first-order valence-corrected chi connectivity index (χ1v) is 12.3. The summed E-state index contributed by atoms with van der Waals surface area (Å²) >= 11 is 0. The third-order valence-electron chi connectivity index (χ3n) is 6.31. The highest BCUT2D eigenvalue weighted by atomic mass is 16.6. The van der Waals surface area contributed by atoms with E-state index in [1.807, 2.05) is 73.7 Å². The number of carbonyl (C=O) groups excluding carboxylic acids is 2. The smallest absolute Gasteiger partial charge is 0.410 e. The molecule has 2 N–H and O–H groups in total. The molecule has 2 aromatic carbocycles. The molecular formula is C27H25N7O4. The monoisotopic (exact) mass is 511 g/mol. The summed E-state index contributed by atoms with van der Waals surface area (Å²) in [6.45, 7) is 2.72. The Bertz CT molecular complexity index is 1630. The fourth-order valence-electron chi connectivity index (χ4n) is 4.38. The molecule has 6 rings (SSSR count). The number of carbonyl (C=O) groups is 2. The summed E-state index contributed by atoms with van der Waals surface area (Å²) in [5, 5.41) is 11.5. The molecule has 0 aliphatic carbocycles. The molecule has 2 amide bonds. The predicted molar refractivity (Wildman–Crippen MR) is 139 cm³/mol. The third-order valence-corrected chi connectivity index (χ3v) is 6.31. The van der Waals surface area contributed by atoms with Crippen molar-refractivity contribution in [3.63, 3.8) is 0 Å². The van der Waals surface area contributed by atoms with Gasteiger partial charge in [0.1, 0.15) is 18.4 Å². The summed E-state index contributed by atoms with van der Waals surface area (Å²) < 4.78 is 12.8. The maximum absolute atomic E-state index is 13.0. The predicted octanol–water partition coefficient (Wildman–Crippen LogP) is 3.40. The molecule has 3 aromatic heterocycles. The molecule has 4 heterocycles. The van der Waals surface area contributed by atoms with Crippen molar-refractivity contribution in [1.29, 1.82) is 0 Å². The molecule has 5 aromatic rings. The number of fused-ring (bicyclic) bond motifs is 3. The fraction of sp³-hybridized carbons (Fsp3) is 0.222. The summed E-state index contributed by atoms with van der Waals surface area (Å²) in [6, 6.07) is 19.9. The summed E-state index contributed by atoms with van der Waals surface area (Å²) in [5.74, 6) is 1.74. The quantitative estimate of drug-likeness (QED) is 0.368. The van der Waals surface area contributed by atoms with Gasteiger partial charge in [-0.05, 0) is 36.8 Å². The normalized spacial score (nSPS) is 15.9. The van der Waals surface area contributed by atoms with Gasteiger partial charge in [-0.3, -0.25) is 4.79 Å². The van der Waals surface area contributed by atoms with Crippen molar-refractivity contribution in [2.45, 2.75) is 19.6 Å². The van der Waals surface area contributed by atoms with Crippen molar-refractivity contribution >= 4 is 34.5 Å². The van der Waals surface area contributed by atoms with E-state index in [2.05, 4.69) is 15.7 Å². The lowest BCUT2D eigenvalue weighted by Crippen LogP contribution is -2.44.